The van der Waals surface area contributed by atoms with Gasteiger partial charge in [-0.25, -0.2) is 4.98 Å². The van der Waals surface area contributed by atoms with Crippen molar-refractivity contribution in [1.29, 1.82) is 5.26 Å². The molecule has 0 spiro atoms. The lowest BCUT2D eigenvalue weighted by Gasteiger charge is -2.29. The minimum absolute atomic E-state index is 0.0283. The molecule has 1 atom stereocenters. The molecule has 2 amide bonds. The number of carbonyl (C=O) groups excluding carboxylic acids is 2. The van der Waals surface area contributed by atoms with Crippen LogP contribution in [0.5, 0.6) is 5.75 Å². The molecule has 2 heterocycles. The minimum atomic E-state index is -0.275. The summed E-state index contributed by atoms with van der Waals surface area (Å²) in [5, 5.41) is 15.0. The van der Waals surface area contributed by atoms with Gasteiger partial charge in [0.25, 0.3) is 0 Å². The molecule has 1 fully saturated rings. The van der Waals surface area contributed by atoms with Crippen LogP contribution in [0.15, 0.2) is 30.6 Å². The van der Waals surface area contributed by atoms with Crippen molar-refractivity contribution in [3.05, 3.63) is 47.5 Å². The largest absolute Gasteiger partial charge is 0.489 e. The highest BCUT2D eigenvalue weighted by atomic mass is 16.5. The molecule has 10 nitrogen and oxygen atoms in total. The number of hydrogen-bond donors (Lipinski definition) is 2. The van der Waals surface area contributed by atoms with E-state index < -0.39 is 0 Å². The maximum absolute atomic E-state index is 12.6. The van der Waals surface area contributed by atoms with E-state index in [1.807, 2.05) is 49.9 Å². The maximum Gasteiger partial charge on any atom is 0.239 e. The summed E-state index contributed by atoms with van der Waals surface area (Å²) in [4.78, 5) is 35.0. The lowest BCUT2D eigenvalue weighted by Crippen LogP contribution is -2.49. The Kier molecular flexibility index (Phi) is 9.52. The Morgan fingerprint density at radius 3 is 2.63 bits per heavy atom. The van der Waals surface area contributed by atoms with E-state index in [4.69, 9.17) is 14.7 Å². The van der Waals surface area contributed by atoms with E-state index in [1.54, 1.807) is 0 Å². The van der Waals surface area contributed by atoms with E-state index in [1.165, 1.54) is 12.4 Å². The molecule has 1 saturated heterocycles. The van der Waals surface area contributed by atoms with Gasteiger partial charge in [0.1, 0.15) is 11.8 Å². The van der Waals surface area contributed by atoms with Gasteiger partial charge in [-0.05, 0) is 51.4 Å². The summed E-state index contributed by atoms with van der Waals surface area (Å²) in [6.07, 6.45) is 3.42. The molecule has 2 N–H and O–H groups in total. The van der Waals surface area contributed by atoms with Crippen LogP contribution in [0, 0.1) is 11.3 Å². The Morgan fingerprint density at radius 2 is 1.97 bits per heavy atom. The minimum Gasteiger partial charge on any atom is -0.489 e. The first-order chi connectivity index (χ1) is 16.9. The molecular formula is C25H32N6O4. The number of nitriles is 1. The summed E-state index contributed by atoms with van der Waals surface area (Å²) < 4.78 is 11.3. The van der Waals surface area contributed by atoms with Crippen molar-refractivity contribution < 1.29 is 19.1 Å². The second kappa shape index (κ2) is 12.8. The molecule has 0 bridgehead atoms. The fourth-order valence-electron chi connectivity index (χ4n) is 3.62. The van der Waals surface area contributed by atoms with Gasteiger partial charge >= 0.3 is 0 Å². The van der Waals surface area contributed by atoms with Crippen molar-refractivity contribution in [2.24, 2.45) is 0 Å². The van der Waals surface area contributed by atoms with Crippen LogP contribution < -0.4 is 15.4 Å². The van der Waals surface area contributed by atoms with E-state index in [-0.39, 0.29) is 36.1 Å². The number of aromatic nitrogens is 2. The zero-order valence-electron chi connectivity index (χ0n) is 20.4. The van der Waals surface area contributed by atoms with Crippen molar-refractivity contribution in [1.82, 2.24) is 20.2 Å². The Labute approximate surface area is 205 Å². The molecule has 186 valence electrons. The molecule has 1 aliphatic rings. The summed E-state index contributed by atoms with van der Waals surface area (Å²) in [5.74, 6) is 0.402. The second-order valence-corrected chi connectivity index (χ2v) is 8.59. The molecule has 0 radical (unpaired) electrons. The average molecular weight is 481 g/mol. The number of anilines is 1. The average Bonchev–Trinajstić information content (AvgIpc) is 2.85. The van der Waals surface area contributed by atoms with Crippen LogP contribution in [-0.4, -0.2) is 71.7 Å². The predicted octanol–water partition coefficient (Wildman–Crippen LogP) is 1.70. The number of nitrogens with one attached hydrogen (secondary N) is 2. The summed E-state index contributed by atoms with van der Waals surface area (Å²) in [6.45, 7) is 8.78. The highest BCUT2D eigenvalue weighted by Gasteiger charge is 2.22. The topological polar surface area (TPSA) is 129 Å². The first-order valence-corrected chi connectivity index (χ1v) is 11.8. The quantitative estimate of drug-likeness (QED) is 0.526. The molecule has 1 aliphatic heterocycles. The third kappa shape index (κ3) is 8.02. The van der Waals surface area contributed by atoms with Crippen molar-refractivity contribution in [2.45, 2.75) is 45.8 Å². The van der Waals surface area contributed by atoms with Crippen molar-refractivity contribution in [3.8, 4) is 11.8 Å². The molecule has 35 heavy (non-hydrogen) atoms. The van der Waals surface area contributed by atoms with Crippen LogP contribution in [0.2, 0.25) is 0 Å². The summed E-state index contributed by atoms with van der Waals surface area (Å²) in [6, 6.07) is 7.28. The monoisotopic (exact) mass is 480 g/mol. The molecule has 3 rings (SSSR count). The SMILES string of the molecule is CC(C)Oc1cc(CCN[C@@H](C)C(=O)N2CCOCC2)ccc1NC(=O)Cc1cnc(C#N)cn1. The van der Waals surface area contributed by atoms with Gasteiger partial charge in [-0.1, -0.05) is 6.07 Å². The normalized spacial score (nSPS) is 14.3. The fraction of sp³-hybridized carbons (Fsp3) is 0.480. The first-order valence-electron chi connectivity index (χ1n) is 11.8. The highest BCUT2D eigenvalue weighted by molar-refractivity contribution is 5.93. The molecule has 10 heteroatoms. The van der Waals surface area contributed by atoms with Crippen LogP contribution in [0.25, 0.3) is 0 Å². The van der Waals surface area contributed by atoms with E-state index in [0.717, 1.165) is 5.56 Å². The number of morpholine rings is 1. The van der Waals surface area contributed by atoms with Crippen molar-refractivity contribution >= 4 is 17.5 Å². The van der Waals surface area contributed by atoms with Crippen LogP contribution in [0.1, 0.15) is 37.7 Å². The fourth-order valence-corrected chi connectivity index (χ4v) is 3.62. The Bertz CT molecular complexity index is 1040. The van der Waals surface area contributed by atoms with Crippen molar-refractivity contribution in [2.75, 3.05) is 38.2 Å². The van der Waals surface area contributed by atoms with Crippen LogP contribution in [-0.2, 0) is 27.2 Å². The number of hydrogen-bond acceptors (Lipinski definition) is 8. The lowest BCUT2D eigenvalue weighted by molar-refractivity contribution is -0.137. The van der Waals surface area contributed by atoms with Gasteiger partial charge in [-0.15, -0.1) is 0 Å². The molecule has 0 saturated carbocycles. The van der Waals surface area contributed by atoms with Crippen LogP contribution >= 0.6 is 0 Å². The Hall–Kier alpha value is -3.55. The van der Waals surface area contributed by atoms with Gasteiger partial charge < -0.3 is 25.0 Å². The summed E-state index contributed by atoms with van der Waals surface area (Å²) in [5.41, 5.74) is 2.26. The third-order valence-electron chi connectivity index (χ3n) is 5.40. The van der Waals surface area contributed by atoms with Gasteiger partial charge in [0.15, 0.2) is 5.69 Å². The highest BCUT2D eigenvalue weighted by Crippen LogP contribution is 2.27. The molecule has 0 aliphatic carbocycles. The molecule has 2 aromatic rings. The molecule has 1 aromatic carbocycles. The van der Waals surface area contributed by atoms with Gasteiger partial charge in [-0.2, -0.15) is 5.26 Å². The molecular weight excluding hydrogens is 448 g/mol. The lowest BCUT2D eigenvalue weighted by atomic mass is 10.1. The Balaban J connectivity index is 1.57. The summed E-state index contributed by atoms with van der Waals surface area (Å²) >= 11 is 0. The molecule has 0 unspecified atom stereocenters. The number of ether oxygens (including phenoxy) is 2. The zero-order valence-corrected chi connectivity index (χ0v) is 20.4. The number of nitrogens with zero attached hydrogens (tertiary/aromatic N) is 4. The number of benzene rings is 1. The van der Waals surface area contributed by atoms with Crippen LogP contribution in [0.4, 0.5) is 5.69 Å². The smallest absolute Gasteiger partial charge is 0.239 e. The van der Waals surface area contributed by atoms with Gasteiger partial charge in [0.05, 0.1) is 55.6 Å². The van der Waals surface area contributed by atoms with E-state index in [0.29, 0.717) is 56.4 Å². The third-order valence-corrected chi connectivity index (χ3v) is 5.40. The first kappa shape index (κ1) is 26.1. The zero-order chi connectivity index (χ0) is 25.2. The second-order valence-electron chi connectivity index (χ2n) is 8.59. The molecule has 1 aromatic heterocycles. The van der Waals surface area contributed by atoms with Crippen LogP contribution in [0.3, 0.4) is 0 Å². The number of carbonyl (C=O) groups is 2. The van der Waals surface area contributed by atoms with E-state index in [9.17, 15) is 9.59 Å². The van der Waals surface area contributed by atoms with Gasteiger partial charge in [0, 0.05) is 13.1 Å². The number of rotatable bonds is 10. The van der Waals surface area contributed by atoms with Gasteiger partial charge in [-0.3, -0.25) is 14.6 Å². The summed E-state index contributed by atoms with van der Waals surface area (Å²) in [7, 11) is 0. The number of amides is 2. The van der Waals surface area contributed by atoms with E-state index in [2.05, 4.69) is 20.6 Å². The Morgan fingerprint density at radius 1 is 1.20 bits per heavy atom. The standard InChI is InChI=1S/C25H32N6O4/c1-17(2)35-23-12-19(6-7-27-18(3)25(33)31-8-10-34-11-9-31)4-5-22(23)30-24(32)13-20-15-29-21(14-26)16-28-20/h4-5,12,15-18,27H,6-11,13H2,1-3H3,(H,30,32)/t18-/m0/s1. The maximum atomic E-state index is 12.6. The van der Waals surface area contributed by atoms with Crippen molar-refractivity contribution in [3.63, 3.8) is 0 Å². The van der Waals surface area contributed by atoms with E-state index >= 15 is 0 Å². The van der Waals surface area contributed by atoms with Gasteiger partial charge in [0.2, 0.25) is 11.8 Å². The predicted molar refractivity (Wildman–Crippen MR) is 130 cm³/mol.